The highest BCUT2D eigenvalue weighted by Crippen LogP contribution is 2.18. The Hall–Kier alpha value is -2.14. The van der Waals surface area contributed by atoms with Gasteiger partial charge in [-0.15, -0.1) is 11.3 Å². The zero-order valence-electron chi connectivity index (χ0n) is 9.51. The predicted octanol–water partition coefficient (Wildman–Crippen LogP) is 2.60. The first kappa shape index (κ1) is 11.0. The summed E-state index contributed by atoms with van der Waals surface area (Å²) in [6, 6.07) is 11.7. The Labute approximate surface area is 107 Å². The van der Waals surface area contributed by atoms with Crippen LogP contribution in [0.15, 0.2) is 46.6 Å². The van der Waals surface area contributed by atoms with Gasteiger partial charge in [0, 0.05) is 10.3 Å². The minimum absolute atomic E-state index is 0.331. The third kappa shape index (κ3) is 2.12. The van der Waals surface area contributed by atoms with Gasteiger partial charge in [0.1, 0.15) is 5.82 Å². The van der Waals surface area contributed by atoms with E-state index in [1.54, 1.807) is 11.3 Å². The number of rotatable bonds is 3. The van der Waals surface area contributed by atoms with Crippen molar-refractivity contribution in [3.05, 3.63) is 57.1 Å². The normalized spacial score (nSPS) is 10.7. The summed E-state index contributed by atoms with van der Waals surface area (Å²) in [5, 5.41) is 6.16. The standard InChI is InChI=1S/C13H11N3OS/c17-13-15-11-6-2-1-5-10(11)12(16-13)14-8-9-4-3-7-18-9/h1-7H,8H2,(H2,14,15,16,17). The lowest BCUT2D eigenvalue weighted by atomic mass is 10.2. The molecule has 0 saturated heterocycles. The number of aromatic amines is 1. The molecular formula is C13H11N3OS. The number of thiophene rings is 1. The highest BCUT2D eigenvalue weighted by atomic mass is 32.1. The SMILES string of the molecule is O=c1nc(NCc2cccs2)c2ccccc2[nH]1. The number of fused-ring (bicyclic) bond motifs is 1. The first-order chi connectivity index (χ1) is 8.83. The molecule has 90 valence electrons. The van der Waals surface area contributed by atoms with Crippen LogP contribution in [-0.4, -0.2) is 9.97 Å². The average Bonchev–Trinajstić information content (AvgIpc) is 2.89. The lowest BCUT2D eigenvalue weighted by Crippen LogP contribution is -2.13. The van der Waals surface area contributed by atoms with E-state index in [2.05, 4.69) is 15.3 Å². The molecule has 0 aliphatic heterocycles. The van der Waals surface area contributed by atoms with Crippen LogP contribution in [-0.2, 0) is 6.54 Å². The van der Waals surface area contributed by atoms with E-state index >= 15 is 0 Å². The van der Waals surface area contributed by atoms with E-state index in [0.717, 1.165) is 10.9 Å². The van der Waals surface area contributed by atoms with E-state index in [1.807, 2.05) is 41.8 Å². The molecule has 3 aromatic rings. The van der Waals surface area contributed by atoms with Gasteiger partial charge in [-0.05, 0) is 23.6 Å². The van der Waals surface area contributed by atoms with Crippen molar-refractivity contribution >= 4 is 28.1 Å². The molecule has 0 bridgehead atoms. The second-order valence-electron chi connectivity index (χ2n) is 3.87. The number of nitrogens with one attached hydrogen (secondary N) is 2. The summed E-state index contributed by atoms with van der Waals surface area (Å²) in [4.78, 5) is 19.4. The number of H-pyrrole nitrogens is 1. The summed E-state index contributed by atoms with van der Waals surface area (Å²) in [7, 11) is 0. The summed E-state index contributed by atoms with van der Waals surface area (Å²) in [6.07, 6.45) is 0. The van der Waals surface area contributed by atoms with Crippen LogP contribution in [0.4, 0.5) is 5.82 Å². The number of nitrogens with zero attached hydrogens (tertiary/aromatic N) is 1. The van der Waals surface area contributed by atoms with Gasteiger partial charge in [0.05, 0.1) is 12.1 Å². The summed E-state index contributed by atoms with van der Waals surface area (Å²) in [5.41, 5.74) is 0.466. The first-order valence-corrected chi connectivity index (χ1v) is 6.46. The van der Waals surface area contributed by atoms with Crippen LogP contribution >= 0.6 is 11.3 Å². The molecule has 0 atom stereocenters. The quantitative estimate of drug-likeness (QED) is 0.758. The largest absolute Gasteiger partial charge is 0.364 e. The van der Waals surface area contributed by atoms with Gasteiger partial charge in [0.25, 0.3) is 0 Å². The fourth-order valence-corrected chi connectivity index (χ4v) is 2.47. The van der Waals surface area contributed by atoms with Crippen molar-refractivity contribution in [2.24, 2.45) is 0 Å². The van der Waals surface area contributed by atoms with Crippen molar-refractivity contribution in [2.45, 2.75) is 6.54 Å². The maximum Gasteiger partial charge on any atom is 0.347 e. The maximum atomic E-state index is 11.5. The van der Waals surface area contributed by atoms with E-state index in [4.69, 9.17) is 0 Å². The molecule has 0 spiro atoms. The van der Waals surface area contributed by atoms with E-state index in [1.165, 1.54) is 4.88 Å². The molecule has 0 aliphatic carbocycles. The number of para-hydroxylation sites is 1. The Bertz CT molecular complexity index is 718. The van der Waals surface area contributed by atoms with E-state index in [9.17, 15) is 4.79 Å². The van der Waals surface area contributed by atoms with Crippen molar-refractivity contribution in [1.29, 1.82) is 0 Å². The predicted molar refractivity (Wildman–Crippen MR) is 74.0 cm³/mol. The molecule has 0 unspecified atom stereocenters. The van der Waals surface area contributed by atoms with Gasteiger partial charge < -0.3 is 10.3 Å². The van der Waals surface area contributed by atoms with Gasteiger partial charge in [-0.1, -0.05) is 18.2 Å². The summed E-state index contributed by atoms with van der Waals surface area (Å²) < 4.78 is 0. The minimum Gasteiger partial charge on any atom is -0.364 e. The smallest absolute Gasteiger partial charge is 0.347 e. The second-order valence-corrected chi connectivity index (χ2v) is 4.90. The average molecular weight is 257 g/mol. The molecule has 0 amide bonds. The van der Waals surface area contributed by atoms with Crippen molar-refractivity contribution in [3.8, 4) is 0 Å². The number of aromatic nitrogens is 2. The molecule has 3 rings (SSSR count). The molecule has 5 heteroatoms. The van der Waals surface area contributed by atoms with E-state index < -0.39 is 0 Å². The molecule has 2 N–H and O–H groups in total. The van der Waals surface area contributed by atoms with Crippen LogP contribution in [0.3, 0.4) is 0 Å². The summed E-state index contributed by atoms with van der Waals surface area (Å²) >= 11 is 1.68. The third-order valence-corrected chi connectivity index (χ3v) is 3.52. The number of hydrogen-bond acceptors (Lipinski definition) is 4. The molecular weight excluding hydrogens is 246 g/mol. The van der Waals surface area contributed by atoms with Gasteiger partial charge in [0.15, 0.2) is 0 Å². The monoisotopic (exact) mass is 257 g/mol. The number of benzene rings is 1. The Morgan fingerprint density at radius 2 is 2.11 bits per heavy atom. The van der Waals surface area contributed by atoms with Crippen LogP contribution in [0.25, 0.3) is 10.9 Å². The molecule has 18 heavy (non-hydrogen) atoms. The fraction of sp³-hybridized carbons (Fsp3) is 0.0769. The lowest BCUT2D eigenvalue weighted by molar-refractivity contribution is 1.08. The minimum atomic E-state index is -0.331. The van der Waals surface area contributed by atoms with Crippen molar-refractivity contribution < 1.29 is 0 Å². The highest BCUT2D eigenvalue weighted by molar-refractivity contribution is 7.09. The molecule has 4 nitrogen and oxygen atoms in total. The van der Waals surface area contributed by atoms with Crippen LogP contribution in [0, 0.1) is 0 Å². The summed E-state index contributed by atoms with van der Waals surface area (Å²) in [5.74, 6) is 0.628. The zero-order chi connectivity index (χ0) is 12.4. The number of hydrogen-bond donors (Lipinski definition) is 2. The van der Waals surface area contributed by atoms with Gasteiger partial charge in [0.2, 0.25) is 0 Å². The van der Waals surface area contributed by atoms with Crippen LogP contribution in [0.2, 0.25) is 0 Å². The van der Waals surface area contributed by atoms with Gasteiger partial charge >= 0.3 is 5.69 Å². The third-order valence-electron chi connectivity index (χ3n) is 2.65. The van der Waals surface area contributed by atoms with Crippen LogP contribution in [0.5, 0.6) is 0 Å². The Morgan fingerprint density at radius 3 is 2.94 bits per heavy atom. The van der Waals surface area contributed by atoms with E-state index in [-0.39, 0.29) is 5.69 Å². The molecule has 0 radical (unpaired) electrons. The second kappa shape index (κ2) is 4.62. The molecule has 0 aliphatic rings. The number of anilines is 1. The first-order valence-electron chi connectivity index (χ1n) is 5.58. The molecule has 0 fully saturated rings. The molecule has 1 aromatic carbocycles. The van der Waals surface area contributed by atoms with Gasteiger partial charge in [-0.3, -0.25) is 0 Å². The Balaban J connectivity index is 1.98. The molecule has 2 aromatic heterocycles. The van der Waals surface area contributed by atoms with Gasteiger partial charge in [-0.25, -0.2) is 4.79 Å². The Kier molecular flexibility index (Phi) is 2.82. The van der Waals surface area contributed by atoms with Crippen LogP contribution < -0.4 is 11.0 Å². The molecule has 2 heterocycles. The fourth-order valence-electron chi connectivity index (χ4n) is 1.82. The maximum absolute atomic E-state index is 11.5. The van der Waals surface area contributed by atoms with Crippen molar-refractivity contribution in [3.63, 3.8) is 0 Å². The Morgan fingerprint density at radius 1 is 1.22 bits per heavy atom. The molecule has 0 saturated carbocycles. The summed E-state index contributed by atoms with van der Waals surface area (Å²) in [6.45, 7) is 0.679. The van der Waals surface area contributed by atoms with E-state index in [0.29, 0.717) is 12.4 Å². The van der Waals surface area contributed by atoms with Crippen molar-refractivity contribution in [2.75, 3.05) is 5.32 Å². The zero-order valence-corrected chi connectivity index (χ0v) is 10.3. The van der Waals surface area contributed by atoms with Gasteiger partial charge in [-0.2, -0.15) is 4.98 Å². The topological polar surface area (TPSA) is 57.8 Å². The van der Waals surface area contributed by atoms with Crippen LogP contribution in [0.1, 0.15) is 4.88 Å². The van der Waals surface area contributed by atoms with Crippen molar-refractivity contribution in [1.82, 2.24) is 9.97 Å². The highest BCUT2D eigenvalue weighted by Gasteiger charge is 2.04. The lowest BCUT2D eigenvalue weighted by Gasteiger charge is -2.06.